The quantitative estimate of drug-likeness (QED) is 0.150. The molecule has 0 radical (unpaired) electrons. The molecule has 0 saturated heterocycles. The molecule has 9 heteroatoms. The van der Waals surface area contributed by atoms with Crippen LogP contribution in [0.2, 0.25) is 10.0 Å². The van der Waals surface area contributed by atoms with Gasteiger partial charge >= 0.3 is 0 Å². The topological polar surface area (TPSA) is 71.3 Å². The van der Waals surface area contributed by atoms with Gasteiger partial charge in [0.1, 0.15) is 29.7 Å². The molecule has 0 atom stereocenters. The molecular weight excluding hydrogens is 654 g/mol. The lowest BCUT2D eigenvalue weighted by atomic mass is 10.1. The van der Waals surface area contributed by atoms with Gasteiger partial charge in [-0.05, 0) is 106 Å². The van der Waals surface area contributed by atoms with Gasteiger partial charge in [0.25, 0.3) is 5.91 Å². The van der Waals surface area contributed by atoms with Gasteiger partial charge in [-0.15, -0.1) is 0 Å². The second-order valence-electron chi connectivity index (χ2n) is 6.92. The smallest absolute Gasteiger partial charge is 0.266 e. The first-order chi connectivity index (χ1) is 16.3. The molecule has 0 fully saturated rings. The van der Waals surface area contributed by atoms with Gasteiger partial charge in [0.2, 0.25) is 0 Å². The number of carbonyl (C=O) groups excluding carboxylic acids is 1. The van der Waals surface area contributed by atoms with E-state index in [0.29, 0.717) is 43.9 Å². The summed E-state index contributed by atoms with van der Waals surface area (Å²) >= 11 is 17.8. The molecule has 174 valence electrons. The molecule has 5 nitrogen and oxygen atoms in total. The fraction of sp³-hybridized carbons (Fsp3) is 0.120. The molecule has 3 rings (SSSR count). The molecule has 0 heterocycles. The maximum absolute atomic E-state index is 12.6. The molecule has 0 saturated carbocycles. The van der Waals surface area contributed by atoms with E-state index >= 15 is 0 Å². The summed E-state index contributed by atoms with van der Waals surface area (Å²) in [6.45, 7) is 2.71. The Morgan fingerprint density at radius 3 is 2.50 bits per heavy atom. The summed E-state index contributed by atoms with van der Waals surface area (Å²) in [4.78, 5) is 12.6. The van der Waals surface area contributed by atoms with Gasteiger partial charge in [0.05, 0.1) is 14.6 Å². The van der Waals surface area contributed by atoms with Crippen molar-refractivity contribution >= 4 is 79.4 Å². The lowest BCUT2D eigenvalue weighted by Crippen LogP contribution is -2.13. The van der Waals surface area contributed by atoms with Crippen LogP contribution in [0.3, 0.4) is 0 Å². The fourth-order valence-electron chi connectivity index (χ4n) is 2.90. The minimum Gasteiger partial charge on any atom is -0.494 e. The van der Waals surface area contributed by atoms with Crippen LogP contribution >= 0.6 is 61.7 Å². The largest absolute Gasteiger partial charge is 0.494 e. The van der Waals surface area contributed by atoms with E-state index in [1.165, 1.54) is 6.08 Å². The molecular formula is C25H18BrCl2IN2O3. The lowest BCUT2D eigenvalue weighted by molar-refractivity contribution is -0.112. The second kappa shape index (κ2) is 12.5. The normalized spacial score (nSPS) is 11.0. The summed E-state index contributed by atoms with van der Waals surface area (Å²) in [5.41, 5.74) is 2.01. The third-order valence-corrected chi connectivity index (χ3v) is 6.48. The summed E-state index contributed by atoms with van der Waals surface area (Å²) in [7, 11) is 0. The summed E-state index contributed by atoms with van der Waals surface area (Å²) in [5, 5.41) is 13.3. The molecule has 0 spiro atoms. The molecule has 3 aromatic rings. The van der Waals surface area contributed by atoms with Crippen molar-refractivity contribution in [3.63, 3.8) is 0 Å². The summed E-state index contributed by atoms with van der Waals surface area (Å²) in [6.07, 6.45) is 1.52. The minimum absolute atomic E-state index is 0.0294. The minimum atomic E-state index is -0.504. The van der Waals surface area contributed by atoms with Crippen LogP contribution in [-0.2, 0) is 11.4 Å². The summed E-state index contributed by atoms with van der Waals surface area (Å²) < 4.78 is 12.8. The number of amides is 1. The SMILES string of the molecule is CCOc1ccc(NC(=O)/C(C#N)=C\c2cc(Br)c(OCc3ccc(Cl)cc3Cl)c(I)c2)cc1. The van der Waals surface area contributed by atoms with Crippen molar-refractivity contribution in [2.45, 2.75) is 13.5 Å². The van der Waals surface area contributed by atoms with Crippen molar-refractivity contribution in [2.24, 2.45) is 0 Å². The molecule has 0 unspecified atom stereocenters. The maximum atomic E-state index is 12.6. The van der Waals surface area contributed by atoms with Crippen LogP contribution in [-0.4, -0.2) is 12.5 Å². The molecule has 0 bridgehead atoms. The lowest BCUT2D eigenvalue weighted by Gasteiger charge is -2.13. The highest BCUT2D eigenvalue weighted by atomic mass is 127. The number of anilines is 1. The van der Waals surface area contributed by atoms with E-state index in [1.54, 1.807) is 42.5 Å². The number of nitriles is 1. The number of hydrogen-bond donors (Lipinski definition) is 1. The monoisotopic (exact) mass is 670 g/mol. The van der Waals surface area contributed by atoms with Gasteiger partial charge in [-0.2, -0.15) is 5.26 Å². The van der Waals surface area contributed by atoms with E-state index in [4.69, 9.17) is 32.7 Å². The van der Waals surface area contributed by atoms with Crippen LogP contribution < -0.4 is 14.8 Å². The van der Waals surface area contributed by atoms with Gasteiger partial charge < -0.3 is 14.8 Å². The predicted molar refractivity (Wildman–Crippen MR) is 147 cm³/mol. The number of nitrogens with zero attached hydrogens (tertiary/aromatic N) is 1. The number of halogens is 4. The Labute approximate surface area is 229 Å². The van der Waals surface area contributed by atoms with Crippen LogP contribution in [0.1, 0.15) is 18.1 Å². The Kier molecular flexibility index (Phi) is 9.65. The first-order valence-corrected chi connectivity index (χ1v) is 12.6. The summed E-state index contributed by atoms with van der Waals surface area (Å²) in [5.74, 6) is 0.827. The van der Waals surface area contributed by atoms with Gasteiger partial charge in [-0.3, -0.25) is 4.79 Å². The molecule has 0 aromatic heterocycles. The van der Waals surface area contributed by atoms with Crippen molar-refractivity contribution in [3.8, 4) is 17.6 Å². The Balaban J connectivity index is 1.74. The van der Waals surface area contributed by atoms with Crippen LogP contribution in [0.5, 0.6) is 11.5 Å². The predicted octanol–water partition coefficient (Wildman–Crippen LogP) is 7.88. The van der Waals surface area contributed by atoms with E-state index in [-0.39, 0.29) is 12.2 Å². The Morgan fingerprint density at radius 1 is 1.15 bits per heavy atom. The zero-order chi connectivity index (χ0) is 24.7. The highest BCUT2D eigenvalue weighted by Gasteiger charge is 2.13. The van der Waals surface area contributed by atoms with E-state index in [2.05, 4.69) is 43.8 Å². The van der Waals surface area contributed by atoms with Gasteiger partial charge in [-0.25, -0.2) is 0 Å². The van der Waals surface area contributed by atoms with Crippen molar-refractivity contribution in [1.82, 2.24) is 0 Å². The average Bonchev–Trinajstić information content (AvgIpc) is 2.79. The van der Waals surface area contributed by atoms with Crippen LogP contribution in [0.15, 0.2) is 64.6 Å². The number of nitrogens with one attached hydrogen (secondary N) is 1. The Morgan fingerprint density at radius 2 is 1.88 bits per heavy atom. The van der Waals surface area contributed by atoms with E-state index in [0.717, 1.165) is 9.13 Å². The van der Waals surface area contributed by atoms with Crippen molar-refractivity contribution in [1.29, 1.82) is 5.26 Å². The van der Waals surface area contributed by atoms with E-state index in [1.807, 2.05) is 25.1 Å². The third kappa shape index (κ3) is 7.12. The molecule has 34 heavy (non-hydrogen) atoms. The second-order valence-corrected chi connectivity index (χ2v) is 9.78. The molecule has 0 aliphatic heterocycles. The highest BCUT2D eigenvalue weighted by molar-refractivity contribution is 14.1. The standard InChI is InChI=1S/C25H18BrCl2IN2O3/c1-2-33-20-7-5-19(6-8-20)31-25(32)17(13-30)9-15-10-21(26)24(23(29)11-15)34-14-16-3-4-18(27)12-22(16)28/h3-12H,2,14H2,1H3,(H,31,32)/b17-9-. The van der Waals surface area contributed by atoms with Crippen LogP contribution in [0.25, 0.3) is 6.08 Å². The van der Waals surface area contributed by atoms with Crippen molar-refractivity contribution in [2.75, 3.05) is 11.9 Å². The van der Waals surface area contributed by atoms with E-state index < -0.39 is 5.91 Å². The van der Waals surface area contributed by atoms with Crippen molar-refractivity contribution < 1.29 is 14.3 Å². The van der Waals surface area contributed by atoms with Crippen molar-refractivity contribution in [3.05, 3.63) is 89.4 Å². The molecule has 1 amide bonds. The number of ether oxygens (including phenoxy) is 2. The van der Waals surface area contributed by atoms with Gasteiger partial charge in [0, 0.05) is 21.3 Å². The Bertz CT molecular complexity index is 1250. The Hall–Kier alpha value is -2.25. The van der Waals surface area contributed by atoms with Crippen LogP contribution in [0.4, 0.5) is 5.69 Å². The zero-order valence-corrected chi connectivity index (χ0v) is 23.1. The number of hydrogen-bond acceptors (Lipinski definition) is 4. The average molecular weight is 672 g/mol. The number of carbonyl (C=O) groups is 1. The van der Waals surface area contributed by atoms with E-state index in [9.17, 15) is 10.1 Å². The summed E-state index contributed by atoms with van der Waals surface area (Å²) in [6, 6.07) is 17.7. The molecule has 3 aromatic carbocycles. The zero-order valence-electron chi connectivity index (χ0n) is 17.9. The first kappa shape index (κ1) is 26.4. The maximum Gasteiger partial charge on any atom is 0.266 e. The van der Waals surface area contributed by atoms with Gasteiger partial charge in [0.15, 0.2) is 0 Å². The first-order valence-electron chi connectivity index (χ1n) is 10.0. The van der Waals surface area contributed by atoms with Crippen LogP contribution in [0, 0.1) is 14.9 Å². The number of rotatable bonds is 8. The molecule has 0 aliphatic rings. The molecule has 0 aliphatic carbocycles. The van der Waals surface area contributed by atoms with Gasteiger partial charge in [-0.1, -0.05) is 29.3 Å². The fourth-order valence-corrected chi connectivity index (χ4v) is 5.14. The third-order valence-electron chi connectivity index (χ3n) is 4.51. The number of benzene rings is 3. The molecule has 1 N–H and O–H groups in total. The highest BCUT2D eigenvalue weighted by Crippen LogP contribution is 2.34.